The molecule has 8 nitrogen and oxygen atoms in total. The van der Waals surface area contributed by atoms with Crippen molar-refractivity contribution in [3.8, 4) is 17.4 Å². The van der Waals surface area contributed by atoms with Crippen LogP contribution in [0.25, 0.3) is 0 Å². The monoisotopic (exact) mass is 527 g/mol. The van der Waals surface area contributed by atoms with Crippen LogP contribution in [0.5, 0.6) is 17.4 Å². The first kappa shape index (κ1) is 25.8. The molecule has 0 atom stereocenters. The van der Waals surface area contributed by atoms with Crippen LogP contribution in [-0.4, -0.2) is 72.6 Å². The number of piperazine rings is 1. The summed E-state index contributed by atoms with van der Waals surface area (Å²) in [5, 5.41) is 0. The number of anilines is 1. The first-order valence-electron chi connectivity index (χ1n) is 12.3. The van der Waals surface area contributed by atoms with Crippen LogP contribution in [0.1, 0.15) is 27.2 Å². The lowest BCUT2D eigenvalue weighted by Gasteiger charge is -2.34. The van der Waals surface area contributed by atoms with Crippen LogP contribution in [0, 0.1) is 0 Å². The number of methoxy groups -OCH3 is 1. The Kier molecular flexibility index (Phi) is 7.11. The van der Waals surface area contributed by atoms with Crippen molar-refractivity contribution in [3.05, 3.63) is 70.9 Å². The van der Waals surface area contributed by atoms with E-state index in [0.717, 1.165) is 44.0 Å². The van der Waals surface area contributed by atoms with Crippen molar-refractivity contribution in [2.75, 3.05) is 51.8 Å². The number of likely N-dealkylation sites (N-methyl/N-ethyl adjacent to an activating group) is 1. The van der Waals surface area contributed by atoms with Crippen molar-refractivity contribution in [3.63, 3.8) is 0 Å². The number of hydrogen-bond donors (Lipinski definition) is 0. The highest BCUT2D eigenvalue weighted by Crippen LogP contribution is 2.36. The van der Waals surface area contributed by atoms with Crippen LogP contribution in [-0.2, 0) is 19.1 Å². The van der Waals surface area contributed by atoms with Crippen LogP contribution < -0.4 is 14.4 Å². The third kappa shape index (κ3) is 5.38. The minimum absolute atomic E-state index is 0.169. The molecule has 11 heteroatoms. The first-order chi connectivity index (χ1) is 18.2. The van der Waals surface area contributed by atoms with Gasteiger partial charge in [0.2, 0.25) is 11.8 Å². The standard InChI is InChI=1S/C27H28F3N5O3/c1-33-13-15-34(16-14-33)26-31-21-11-12-35(25(36)18-7-9-19(10-8-18)27(28,29)30)17-20(21)24(32-26)38-23-6-4-3-5-22(23)37-2/h3-10H,11-17H2,1-2H3. The Morgan fingerprint density at radius 3 is 2.26 bits per heavy atom. The van der Waals surface area contributed by atoms with Crippen molar-refractivity contribution in [1.29, 1.82) is 0 Å². The van der Waals surface area contributed by atoms with E-state index in [9.17, 15) is 18.0 Å². The van der Waals surface area contributed by atoms with Gasteiger partial charge in [0, 0.05) is 44.7 Å². The molecule has 0 unspecified atom stereocenters. The maximum Gasteiger partial charge on any atom is 0.416 e. The average Bonchev–Trinajstić information content (AvgIpc) is 2.92. The van der Waals surface area contributed by atoms with Gasteiger partial charge >= 0.3 is 6.18 Å². The fourth-order valence-corrected chi connectivity index (χ4v) is 4.57. The highest BCUT2D eigenvalue weighted by molar-refractivity contribution is 5.94. The second kappa shape index (κ2) is 10.5. The fourth-order valence-electron chi connectivity index (χ4n) is 4.57. The normalized spacial score (nSPS) is 16.2. The van der Waals surface area contributed by atoms with Gasteiger partial charge in [-0.05, 0) is 43.4 Å². The van der Waals surface area contributed by atoms with Crippen LogP contribution >= 0.6 is 0 Å². The zero-order valence-electron chi connectivity index (χ0n) is 21.2. The molecular weight excluding hydrogens is 499 g/mol. The van der Waals surface area contributed by atoms with E-state index in [-0.39, 0.29) is 18.0 Å². The molecule has 2 aromatic carbocycles. The molecule has 1 saturated heterocycles. The maximum atomic E-state index is 13.2. The number of halogens is 3. The second-order valence-corrected chi connectivity index (χ2v) is 9.35. The van der Waals surface area contributed by atoms with Gasteiger partial charge in [-0.25, -0.2) is 4.98 Å². The molecule has 0 saturated carbocycles. The van der Waals surface area contributed by atoms with Gasteiger partial charge in [0.15, 0.2) is 11.5 Å². The van der Waals surface area contributed by atoms with E-state index in [2.05, 4.69) is 16.8 Å². The molecule has 0 N–H and O–H groups in total. The quantitative estimate of drug-likeness (QED) is 0.492. The molecule has 3 aromatic rings. The van der Waals surface area contributed by atoms with Gasteiger partial charge < -0.3 is 24.2 Å². The summed E-state index contributed by atoms with van der Waals surface area (Å²) >= 11 is 0. The zero-order valence-corrected chi connectivity index (χ0v) is 21.2. The van der Waals surface area contributed by atoms with E-state index in [1.807, 2.05) is 12.1 Å². The summed E-state index contributed by atoms with van der Waals surface area (Å²) in [6.45, 7) is 3.88. The number of fused-ring (bicyclic) bond motifs is 1. The Morgan fingerprint density at radius 2 is 1.61 bits per heavy atom. The summed E-state index contributed by atoms with van der Waals surface area (Å²) < 4.78 is 50.6. The Hall–Kier alpha value is -3.86. The van der Waals surface area contributed by atoms with Crippen LogP contribution in [0.2, 0.25) is 0 Å². The first-order valence-corrected chi connectivity index (χ1v) is 12.3. The number of nitrogens with zero attached hydrogens (tertiary/aromatic N) is 5. The van der Waals surface area contributed by atoms with Crippen molar-refractivity contribution in [2.24, 2.45) is 0 Å². The van der Waals surface area contributed by atoms with Crippen molar-refractivity contribution < 1.29 is 27.4 Å². The molecule has 1 aromatic heterocycles. The van der Waals surface area contributed by atoms with Gasteiger partial charge in [0.1, 0.15) is 0 Å². The van der Waals surface area contributed by atoms with Crippen LogP contribution in [0.4, 0.5) is 19.1 Å². The minimum Gasteiger partial charge on any atom is -0.493 e. The summed E-state index contributed by atoms with van der Waals surface area (Å²) in [7, 11) is 3.63. The molecule has 0 aliphatic carbocycles. The Bertz CT molecular complexity index is 1310. The van der Waals surface area contributed by atoms with Gasteiger partial charge in [-0.1, -0.05) is 12.1 Å². The molecule has 200 valence electrons. The highest BCUT2D eigenvalue weighted by Gasteiger charge is 2.32. The highest BCUT2D eigenvalue weighted by atomic mass is 19.4. The Labute approximate surface area is 218 Å². The largest absolute Gasteiger partial charge is 0.493 e. The van der Waals surface area contributed by atoms with Gasteiger partial charge in [0.05, 0.1) is 30.5 Å². The summed E-state index contributed by atoms with van der Waals surface area (Å²) in [4.78, 5) is 28.8. The summed E-state index contributed by atoms with van der Waals surface area (Å²) in [6, 6.07) is 11.5. The second-order valence-electron chi connectivity index (χ2n) is 9.35. The Morgan fingerprint density at radius 1 is 0.921 bits per heavy atom. The molecular formula is C27H28F3N5O3. The molecule has 3 heterocycles. The van der Waals surface area contributed by atoms with E-state index < -0.39 is 11.7 Å². The van der Waals surface area contributed by atoms with Crippen molar-refractivity contribution in [1.82, 2.24) is 19.8 Å². The number of alkyl halides is 3. The van der Waals surface area contributed by atoms with Crippen molar-refractivity contribution in [2.45, 2.75) is 19.1 Å². The van der Waals surface area contributed by atoms with Crippen LogP contribution in [0.15, 0.2) is 48.5 Å². The number of amides is 1. The topological polar surface area (TPSA) is 71.0 Å². The lowest BCUT2D eigenvalue weighted by Crippen LogP contribution is -2.45. The minimum atomic E-state index is -4.46. The predicted molar refractivity (Wildman–Crippen MR) is 135 cm³/mol. The summed E-state index contributed by atoms with van der Waals surface area (Å²) in [6.07, 6.45) is -4.00. The summed E-state index contributed by atoms with van der Waals surface area (Å²) in [5.41, 5.74) is 0.842. The predicted octanol–water partition coefficient (Wildman–Crippen LogP) is 4.25. The van der Waals surface area contributed by atoms with Gasteiger partial charge in [-0.15, -0.1) is 0 Å². The van der Waals surface area contributed by atoms with Crippen molar-refractivity contribution >= 4 is 11.9 Å². The molecule has 0 radical (unpaired) electrons. The average molecular weight is 528 g/mol. The molecule has 5 rings (SSSR count). The third-order valence-electron chi connectivity index (χ3n) is 6.82. The van der Waals surface area contributed by atoms with E-state index >= 15 is 0 Å². The zero-order chi connectivity index (χ0) is 26.9. The van der Waals surface area contributed by atoms with E-state index in [1.54, 1.807) is 24.1 Å². The number of carbonyl (C=O) groups excluding carboxylic acids is 1. The SMILES string of the molecule is COc1ccccc1Oc1nc(N2CCN(C)CC2)nc2c1CN(C(=O)c1ccc(C(F)(F)F)cc1)CC2. The van der Waals surface area contributed by atoms with Gasteiger partial charge in [-0.3, -0.25) is 4.79 Å². The maximum absolute atomic E-state index is 13.2. The molecule has 1 amide bonds. The number of para-hydroxylation sites is 2. The fraction of sp³-hybridized carbons (Fsp3) is 0.370. The third-order valence-corrected chi connectivity index (χ3v) is 6.82. The summed E-state index contributed by atoms with van der Waals surface area (Å²) in [5.74, 6) is 1.55. The molecule has 0 bridgehead atoms. The molecule has 1 fully saturated rings. The molecule has 0 spiro atoms. The lowest BCUT2D eigenvalue weighted by molar-refractivity contribution is -0.137. The van der Waals surface area contributed by atoms with Gasteiger partial charge in [-0.2, -0.15) is 18.2 Å². The number of ether oxygens (including phenoxy) is 2. The molecule has 2 aliphatic heterocycles. The smallest absolute Gasteiger partial charge is 0.416 e. The Balaban J connectivity index is 1.46. The van der Waals surface area contributed by atoms with E-state index in [1.165, 1.54) is 12.1 Å². The number of benzene rings is 2. The number of aromatic nitrogens is 2. The van der Waals surface area contributed by atoms with E-state index in [4.69, 9.17) is 19.4 Å². The lowest BCUT2D eigenvalue weighted by atomic mass is 10.0. The van der Waals surface area contributed by atoms with Gasteiger partial charge in [0.25, 0.3) is 5.91 Å². The van der Waals surface area contributed by atoms with E-state index in [0.29, 0.717) is 41.9 Å². The molecule has 38 heavy (non-hydrogen) atoms. The number of carbonyl (C=O) groups is 1. The molecule has 2 aliphatic rings. The van der Waals surface area contributed by atoms with Crippen LogP contribution in [0.3, 0.4) is 0 Å². The number of rotatable bonds is 5. The number of hydrogen-bond acceptors (Lipinski definition) is 7.